The van der Waals surface area contributed by atoms with E-state index in [0.29, 0.717) is 13.0 Å². The molecule has 0 aromatic heterocycles. The van der Waals surface area contributed by atoms with Crippen molar-refractivity contribution >= 4 is 5.97 Å². The first-order valence-electron chi connectivity index (χ1n) is 7.22. The van der Waals surface area contributed by atoms with Gasteiger partial charge in [0.1, 0.15) is 6.67 Å². The summed E-state index contributed by atoms with van der Waals surface area (Å²) in [5.41, 5.74) is 0. The van der Waals surface area contributed by atoms with Gasteiger partial charge in [-0.25, -0.2) is 4.79 Å². The standard InChI is InChI=1S/C14H14F12O2/c1-3-9(27)28-6-7(2)4-10(16,17)13(23,24)14(25,26)11(18,19)8(5-15)12(20,21)22/h3,7-8H,1,4-6H2,2H3. The SMILES string of the molecule is C=CC(=O)OCC(C)CC(F)(F)C(F)(F)C(F)(F)C(F)(F)C(CF)C(F)(F)F. The van der Waals surface area contributed by atoms with Gasteiger partial charge in [-0.1, -0.05) is 13.5 Å². The molecule has 2 unspecified atom stereocenters. The van der Waals surface area contributed by atoms with Crippen molar-refractivity contribution in [3.63, 3.8) is 0 Å². The Balaban J connectivity index is 5.77. The van der Waals surface area contributed by atoms with E-state index in [9.17, 15) is 57.5 Å². The average molecular weight is 442 g/mol. The van der Waals surface area contributed by atoms with Crippen molar-refractivity contribution in [1.29, 1.82) is 0 Å². The number of rotatable bonds is 10. The van der Waals surface area contributed by atoms with Gasteiger partial charge in [-0.05, 0) is 5.92 Å². The molecule has 0 rings (SSSR count). The van der Waals surface area contributed by atoms with Crippen LogP contribution in [0.4, 0.5) is 52.7 Å². The first-order chi connectivity index (χ1) is 12.3. The molecular weight excluding hydrogens is 428 g/mol. The predicted molar refractivity (Wildman–Crippen MR) is 70.2 cm³/mol. The van der Waals surface area contributed by atoms with E-state index in [0.717, 1.165) is 0 Å². The molecule has 0 aliphatic carbocycles. The zero-order valence-corrected chi connectivity index (χ0v) is 13.9. The van der Waals surface area contributed by atoms with Crippen molar-refractivity contribution in [1.82, 2.24) is 0 Å². The fourth-order valence-corrected chi connectivity index (χ4v) is 1.96. The summed E-state index contributed by atoms with van der Waals surface area (Å²) in [6.45, 7) is -0.682. The fraction of sp³-hybridized carbons (Fsp3) is 0.786. The molecule has 0 saturated heterocycles. The minimum atomic E-state index is -7.27. The second kappa shape index (κ2) is 8.39. The number of carbonyl (C=O) groups excluding carboxylic acids is 1. The second-order valence-corrected chi connectivity index (χ2v) is 5.87. The van der Waals surface area contributed by atoms with Crippen LogP contribution in [-0.4, -0.2) is 49.1 Å². The summed E-state index contributed by atoms with van der Waals surface area (Å²) < 4.78 is 162. The van der Waals surface area contributed by atoms with Crippen LogP contribution >= 0.6 is 0 Å². The molecule has 2 nitrogen and oxygen atoms in total. The van der Waals surface area contributed by atoms with Crippen LogP contribution in [0.5, 0.6) is 0 Å². The number of halogens is 12. The number of ether oxygens (including phenoxy) is 1. The highest BCUT2D eigenvalue weighted by Gasteiger charge is 2.83. The number of alkyl halides is 12. The third-order valence-corrected chi connectivity index (χ3v) is 3.54. The molecule has 0 fully saturated rings. The molecule has 166 valence electrons. The van der Waals surface area contributed by atoms with Crippen LogP contribution in [0.25, 0.3) is 0 Å². The number of esters is 1. The largest absolute Gasteiger partial charge is 0.462 e. The predicted octanol–water partition coefficient (Wildman–Crippen LogP) is 5.43. The smallest absolute Gasteiger partial charge is 0.400 e. The van der Waals surface area contributed by atoms with E-state index in [2.05, 4.69) is 11.3 Å². The van der Waals surface area contributed by atoms with Crippen molar-refractivity contribution in [2.75, 3.05) is 13.3 Å². The molecule has 0 aromatic carbocycles. The summed E-state index contributed by atoms with van der Waals surface area (Å²) in [4.78, 5) is 10.7. The molecule has 0 bridgehead atoms. The van der Waals surface area contributed by atoms with Gasteiger partial charge in [0.05, 0.1) is 6.61 Å². The number of hydrogen-bond donors (Lipinski definition) is 0. The van der Waals surface area contributed by atoms with E-state index in [1.165, 1.54) is 0 Å². The van der Waals surface area contributed by atoms with Crippen LogP contribution < -0.4 is 0 Å². The molecule has 0 heterocycles. The molecule has 0 aliphatic rings. The Labute approximate surface area is 150 Å². The zero-order valence-electron chi connectivity index (χ0n) is 13.9. The minimum Gasteiger partial charge on any atom is -0.462 e. The van der Waals surface area contributed by atoms with Crippen LogP contribution in [0.1, 0.15) is 13.3 Å². The third-order valence-electron chi connectivity index (χ3n) is 3.54. The van der Waals surface area contributed by atoms with Gasteiger partial charge >= 0.3 is 35.8 Å². The van der Waals surface area contributed by atoms with Crippen molar-refractivity contribution in [2.24, 2.45) is 11.8 Å². The van der Waals surface area contributed by atoms with Crippen molar-refractivity contribution in [3.05, 3.63) is 12.7 Å². The fourth-order valence-electron chi connectivity index (χ4n) is 1.96. The van der Waals surface area contributed by atoms with E-state index in [-0.39, 0.29) is 0 Å². The highest BCUT2D eigenvalue weighted by molar-refractivity contribution is 5.81. The van der Waals surface area contributed by atoms with Gasteiger partial charge in [0.25, 0.3) is 0 Å². The van der Waals surface area contributed by atoms with E-state index >= 15 is 0 Å². The van der Waals surface area contributed by atoms with Gasteiger partial charge in [0.2, 0.25) is 0 Å². The summed E-state index contributed by atoms with van der Waals surface area (Å²) in [5.74, 6) is -35.1. The minimum absolute atomic E-state index is 0.544. The molecule has 0 aliphatic heterocycles. The first kappa shape index (κ1) is 26.4. The molecule has 14 heteroatoms. The normalized spacial score (nSPS) is 16.5. The van der Waals surface area contributed by atoms with Gasteiger partial charge in [-0.15, -0.1) is 0 Å². The quantitative estimate of drug-likeness (QED) is 0.256. The average Bonchev–Trinajstić information content (AvgIpc) is 2.50. The highest BCUT2D eigenvalue weighted by Crippen LogP contribution is 2.58. The van der Waals surface area contributed by atoms with E-state index in [1.807, 2.05) is 0 Å². The lowest BCUT2D eigenvalue weighted by Gasteiger charge is -2.40. The van der Waals surface area contributed by atoms with Crippen LogP contribution in [0, 0.1) is 11.8 Å². The molecule has 0 N–H and O–H groups in total. The summed E-state index contributed by atoms with van der Waals surface area (Å²) >= 11 is 0. The van der Waals surface area contributed by atoms with Crippen molar-refractivity contribution in [3.8, 4) is 0 Å². The lowest BCUT2D eigenvalue weighted by atomic mass is 9.87. The Bertz CT molecular complexity index is 555. The Kier molecular flexibility index (Phi) is 7.90. The van der Waals surface area contributed by atoms with Crippen molar-refractivity contribution in [2.45, 2.75) is 43.2 Å². The maximum Gasteiger partial charge on any atom is 0.400 e. The Hall–Kier alpha value is -1.63. The number of hydrogen-bond acceptors (Lipinski definition) is 2. The van der Waals surface area contributed by atoms with Crippen LogP contribution in [0.2, 0.25) is 0 Å². The molecule has 28 heavy (non-hydrogen) atoms. The molecule has 0 spiro atoms. The van der Waals surface area contributed by atoms with Gasteiger partial charge in [0, 0.05) is 12.5 Å². The van der Waals surface area contributed by atoms with Gasteiger partial charge in [-0.3, -0.25) is 4.39 Å². The Morgan fingerprint density at radius 1 is 0.964 bits per heavy atom. The van der Waals surface area contributed by atoms with Gasteiger partial charge in [-0.2, -0.15) is 48.3 Å². The maximum absolute atomic E-state index is 13.6. The summed E-state index contributed by atoms with van der Waals surface area (Å²) in [6.07, 6.45) is -8.13. The monoisotopic (exact) mass is 442 g/mol. The summed E-state index contributed by atoms with van der Waals surface area (Å²) in [5, 5.41) is 0. The molecule has 2 atom stereocenters. The molecule has 0 radical (unpaired) electrons. The Morgan fingerprint density at radius 3 is 1.79 bits per heavy atom. The van der Waals surface area contributed by atoms with Gasteiger partial charge < -0.3 is 4.74 Å². The zero-order chi connectivity index (χ0) is 22.8. The molecule has 0 aromatic rings. The van der Waals surface area contributed by atoms with E-state index in [4.69, 9.17) is 0 Å². The first-order valence-corrected chi connectivity index (χ1v) is 7.22. The Morgan fingerprint density at radius 2 is 1.43 bits per heavy atom. The number of carbonyl (C=O) groups is 1. The van der Waals surface area contributed by atoms with Gasteiger partial charge in [0.15, 0.2) is 5.92 Å². The molecular formula is C14H14F12O2. The van der Waals surface area contributed by atoms with Crippen LogP contribution in [0.15, 0.2) is 12.7 Å². The van der Waals surface area contributed by atoms with E-state index < -0.39 is 67.4 Å². The van der Waals surface area contributed by atoms with Crippen LogP contribution in [0.3, 0.4) is 0 Å². The lowest BCUT2D eigenvalue weighted by molar-refractivity contribution is -0.395. The molecule has 0 saturated carbocycles. The second-order valence-electron chi connectivity index (χ2n) is 5.87. The molecule has 0 amide bonds. The topological polar surface area (TPSA) is 26.3 Å². The van der Waals surface area contributed by atoms with Crippen LogP contribution in [-0.2, 0) is 9.53 Å². The summed E-state index contributed by atoms with van der Waals surface area (Å²) in [7, 11) is 0. The lowest BCUT2D eigenvalue weighted by Crippen LogP contribution is -2.66. The maximum atomic E-state index is 13.6. The van der Waals surface area contributed by atoms with Crippen molar-refractivity contribution < 1.29 is 62.2 Å². The third kappa shape index (κ3) is 5.04. The highest BCUT2D eigenvalue weighted by atomic mass is 19.4. The summed E-state index contributed by atoms with van der Waals surface area (Å²) in [6, 6.07) is 0. The van der Waals surface area contributed by atoms with E-state index in [1.54, 1.807) is 0 Å².